The van der Waals surface area contributed by atoms with Gasteiger partial charge in [0.05, 0.1) is 0 Å². The van der Waals surface area contributed by atoms with Gasteiger partial charge in [-0.2, -0.15) is 0 Å². The number of nitrogens with one attached hydrogen (secondary N) is 1. The van der Waals surface area contributed by atoms with Crippen LogP contribution in [-0.2, 0) is 0 Å². The first-order chi connectivity index (χ1) is 12.9. The van der Waals surface area contributed by atoms with E-state index in [4.69, 9.17) is 4.74 Å². The summed E-state index contributed by atoms with van der Waals surface area (Å²) in [6, 6.07) is 16.7. The zero-order valence-electron chi connectivity index (χ0n) is 15.2. The van der Waals surface area contributed by atoms with Gasteiger partial charge < -0.3 is 9.72 Å². The molecule has 0 saturated carbocycles. The first-order valence-corrected chi connectivity index (χ1v) is 9.58. The number of rotatable bonds is 6. The molecule has 1 aliphatic rings. The molecule has 4 rings (SSSR count). The highest BCUT2D eigenvalue weighted by Crippen LogP contribution is 2.23. The summed E-state index contributed by atoms with van der Waals surface area (Å²) < 4.78 is 6.10. The lowest BCUT2D eigenvalue weighted by Crippen LogP contribution is -2.33. The molecule has 0 atom stereocenters. The molecule has 0 aliphatic carbocycles. The zero-order chi connectivity index (χ0) is 17.6. The van der Waals surface area contributed by atoms with Gasteiger partial charge in [-0.15, -0.1) is 0 Å². The quantitative estimate of drug-likeness (QED) is 0.621. The SMILES string of the molecule is C(=Cc1cccc2[nH]ccc12)c1ccccc1OCCN1CCCCC1. The monoisotopic (exact) mass is 346 g/mol. The molecule has 0 radical (unpaired) electrons. The van der Waals surface area contributed by atoms with Crippen LogP contribution in [0.1, 0.15) is 30.4 Å². The van der Waals surface area contributed by atoms with Crippen LogP contribution in [0, 0.1) is 0 Å². The van der Waals surface area contributed by atoms with Crippen LogP contribution in [-0.4, -0.2) is 36.1 Å². The molecule has 0 bridgehead atoms. The second-order valence-corrected chi connectivity index (χ2v) is 6.91. The van der Waals surface area contributed by atoms with Gasteiger partial charge in [-0.05, 0) is 49.7 Å². The van der Waals surface area contributed by atoms with Gasteiger partial charge >= 0.3 is 0 Å². The molecule has 134 valence electrons. The van der Waals surface area contributed by atoms with Crippen LogP contribution in [0.3, 0.4) is 0 Å². The smallest absolute Gasteiger partial charge is 0.126 e. The van der Waals surface area contributed by atoms with Gasteiger partial charge in [0, 0.05) is 29.2 Å². The van der Waals surface area contributed by atoms with Crippen molar-refractivity contribution in [2.45, 2.75) is 19.3 Å². The fraction of sp³-hybridized carbons (Fsp3) is 0.304. The maximum Gasteiger partial charge on any atom is 0.126 e. The summed E-state index contributed by atoms with van der Waals surface area (Å²) in [5.41, 5.74) is 3.50. The predicted molar refractivity (Wildman–Crippen MR) is 109 cm³/mol. The number of benzene rings is 2. The Hall–Kier alpha value is -2.52. The van der Waals surface area contributed by atoms with Gasteiger partial charge in [0.15, 0.2) is 0 Å². The third-order valence-corrected chi connectivity index (χ3v) is 5.10. The Labute approximate surface area is 155 Å². The third-order valence-electron chi connectivity index (χ3n) is 5.10. The summed E-state index contributed by atoms with van der Waals surface area (Å²) in [7, 11) is 0. The minimum atomic E-state index is 0.748. The maximum atomic E-state index is 6.10. The number of ether oxygens (including phenoxy) is 1. The first kappa shape index (κ1) is 16.9. The van der Waals surface area contributed by atoms with Crippen LogP contribution in [0.15, 0.2) is 54.7 Å². The Kier molecular flexibility index (Phi) is 5.36. The fourth-order valence-corrected chi connectivity index (χ4v) is 3.65. The van der Waals surface area contributed by atoms with Crippen molar-refractivity contribution in [2.24, 2.45) is 0 Å². The van der Waals surface area contributed by atoms with E-state index in [0.717, 1.165) is 24.5 Å². The van der Waals surface area contributed by atoms with Crippen LogP contribution in [0.5, 0.6) is 5.75 Å². The van der Waals surface area contributed by atoms with E-state index < -0.39 is 0 Å². The number of likely N-dealkylation sites (tertiary alicyclic amines) is 1. The summed E-state index contributed by atoms with van der Waals surface area (Å²) in [6.07, 6.45) is 10.3. The number of hydrogen-bond acceptors (Lipinski definition) is 2. The second kappa shape index (κ2) is 8.24. The molecule has 3 heteroatoms. The minimum absolute atomic E-state index is 0.748. The highest BCUT2D eigenvalue weighted by molar-refractivity contribution is 5.91. The van der Waals surface area contributed by atoms with Crippen LogP contribution < -0.4 is 4.74 Å². The summed E-state index contributed by atoms with van der Waals surface area (Å²) in [5.74, 6) is 0.960. The molecule has 3 nitrogen and oxygen atoms in total. The molecule has 2 aromatic carbocycles. The van der Waals surface area contributed by atoms with Crippen LogP contribution >= 0.6 is 0 Å². The highest BCUT2D eigenvalue weighted by Gasteiger charge is 2.10. The first-order valence-electron chi connectivity index (χ1n) is 9.58. The number of H-pyrrole nitrogens is 1. The lowest BCUT2D eigenvalue weighted by molar-refractivity contribution is 0.183. The molecule has 0 spiro atoms. The van der Waals surface area contributed by atoms with Gasteiger partial charge in [-0.25, -0.2) is 0 Å². The van der Waals surface area contributed by atoms with Crippen molar-refractivity contribution in [1.29, 1.82) is 0 Å². The zero-order valence-corrected chi connectivity index (χ0v) is 15.2. The summed E-state index contributed by atoms with van der Waals surface area (Å²) in [4.78, 5) is 5.77. The fourth-order valence-electron chi connectivity index (χ4n) is 3.65. The van der Waals surface area contributed by atoms with Crippen molar-refractivity contribution >= 4 is 23.1 Å². The Balaban J connectivity index is 1.44. The van der Waals surface area contributed by atoms with Crippen LogP contribution in [0.2, 0.25) is 0 Å². The third kappa shape index (κ3) is 4.00. The van der Waals surface area contributed by atoms with Gasteiger partial charge in [0.25, 0.3) is 0 Å². The Bertz CT molecular complexity index is 875. The Morgan fingerprint density at radius 1 is 0.885 bits per heavy atom. The molecular weight excluding hydrogens is 320 g/mol. The Morgan fingerprint density at radius 2 is 1.69 bits per heavy atom. The van der Waals surface area contributed by atoms with Crippen LogP contribution in [0.25, 0.3) is 23.1 Å². The molecule has 1 N–H and O–H groups in total. The number of aromatic nitrogens is 1. The van der Waals surface area contributed by atoms with Crippen molar-refractivity contribution in [3.05, 3.63) is 65.9 Å². The summed E-state index contributed by atoms with van der Waals surface area (Å²) >= 11 is 0. The predicted octanol–water partition coefficient (Wildman–Crippen LogP) is 5.20. The maximum absolute atomic E-state index is 6.10. The minimum Gasteiger partial charge on any atom is -0.492 e. The molecule has 1 aliphatic heterocycles. The van der Waals surface area contributed by atoms with E-state index in [-0.39, 0.29) is 0 Å². The van der Waals surface area contributed by atoms with E-state index in [1.807, 2.05) is 12.3 Å². The molecule has 0 unspecified atom stereocenters. The molecule has 2 heterocycles. The lowest BCUT2D eigenvalue weighted by Gasteiger charge is -2.26. The van der Waals surface area contributed by atoms with Crippen molar-refractivity contribution in [3.8, 4) is 5.75 Å². The van der Waals surface area contributed by atoms with Crippen molar-refractivity contribution in [1.82, 2.24) is 9.88 Å². The number of hydrogen-bond donors (Lipinski definition) is 1. The number of nitrogens with zero attached hydrogens (tertiary/aromatic N) is 1. The topological polar surface area (TPSA) is 28.3 Å². The Morgan fingerprint density at radius 3 is 2.62 bits per heavy atom. The largest absolute Gasteiger partial charge is 0.492 e. The number of aromatic amines is 1. The van der Waals surface area contributed by atoms with Crippen molar-refractivity contribution in [3.63, 3.8) is 0 Å². The number of para-hydroxylation sites is 1. The van der Waals surface area contributed by atoms with Crippen molar-refractivity contribution < 1.29 is 4.74 Å². The van der Waals surface area contributed by atoms with E-state index in [9.17, 15) is 0 Å². The molecule has 0 amide bonds. The molecular formula is C23H26N2O. The van der Waals surface area contributed by atoms with E-state index in [0.29, 0.717) is 0 Å². The summed E-state index contributed by atoms with van der Waals surface area (Å²) in [5, 5.41) is 1.24. The number of piperidine rings is 1. The van der Waals surface area contributed by atoms with Gasteiger partial charge in [0.1, 0.15) is 12.4 Å². The number of fused-ring (bicyclic) bond motifs is 1. The highest BCUT2D eigenvalue weighted by atomic mass is 16.5. The van der Waals surface area contributed by atoms with Crippen molar-refractivity contribution in [2.75, 3.05) is 26.2 Å². The average molecular weight is 346 g/mol. The standard InChI is InChI=1S/C23H26N2O/c1-4-15-25(16-5-1)17-18-26-23-10-3-2-7-20(23)12-11-19-8-6-9-22-21(19)13-14-24-22/h2-3,6-14,24H,1,4-5,15-18H2. The molecule has 1 fully saturated rings. The molecule has 1 aromatic heterocycles. The molecule has 3 aromatic rings. The van der Waals surface area contributed by atoms with E-state index in [1.54, 1.807) is 0 Å². The normalized spacial score (nSPS) is 15.7. The molecule has 1 saturated heterocycles. The molecule has 26 heavy (non-hydrogen) atoms. The lowest BCUT2D eigenvalue weighted by atomic mass is 10.1. The van der Waals surface area contributed by atoms with Crippen LogP contribution in [0.4, 0.5) is 0 Å². The van der Waals surface area contributed by atoms with Gasteiger partial charge in [-0.3, -0.25) is 4.90 Å². The van der Waals surface area contributed by atoms with E-state index in [2.05, 4.69) is 64.5 Å². The van der Waals surface area contributed by atoms with E-state index >= 15 is 0 Å². The van der Waals surface area contributed by atoms with Gasteiger partial charge in [0.2, 0.25) is 0 Å². The van der Waals surface area contributed by atoms with E-state index in [1.165, 1.54) is 48.8 Å². The second-order valence-electron chi connectivity index (χ2n) is 6.91. The average Bonchev–Trinajstić information content (AvgIpc) is 3.17. The van der Waals surface area contributed by atoms with Gasteiger partial charge in [-0.1, -0.05) is 48.9 Å². The summed E-state index contributed by atoms with van der Waals surface area (Å²) in [6.45, 7) is 4.19.